The zero-order valence-electron chi connectivity index (χ0n) is 14.7. The number of benzene rings is 1. The maximum absolute atomic E-state index is 13.3. The number of rotatable bonds is 8. The Morgan fingerprint density at radius 2 is 2.22 bits per heavy atom. The van der Waals surface area contributed by atoms with Gasteiger partial charge in [0.2, 0.25) is 0 Å². The molecule has 0 amide bonds. The number of hydrogen-bond acceptors (Lipinski definition) is 7. The molecule has 1 aromatic heterocycles. The van der Waals surface area contributed by atoms with Gasteiger partial charge in [-0.1, -0.05) is 5.16 Å². The van der Waals surface area contributed by atoms with Gasteiger partial charge in [-0.2, -0.15) is 0 Å². The molecule has 27 heavy (non-hydrogen) atoms. The molecule has 0 aliphatic rings. The Labute approximate surface area is 164 Å². The van der Waals surface area contributed by atoms with Crippen molar-refractivity contribution in [1.29, 1.82) is 4.78 Å². The van der Waals surface area contributed by atoms with Crippen LogP contribution in [0.1, 0.15) is 31.7 Å². The molecule has 12 heteroatoms. The van der Waals surface area contributed by atoms with Gasteiger partial charge in [-0.3, -0.25) is 10.7 Å². The Morgan fingerprint density at radius 3 is 2.85 bits per heavy atom. The third-order valence-corrected chi connectivity index (χ3v) is 6.17. The number of aryl methyl sites for hydroxylation is 1. The van der Waals surface area contributed by atoms with Gasteiger partial charge in [-0.15, -0.1) is 0 Å². The molecule has 1 aromatic carbocycles. The van der Waals surface area contributed by atoms with Gasteiger partial charge in [0.25, 0.3) is 0 Å². The first-order valence-electron chi connectivity index (χ1n) is 8.02. The summed E-state index contributed by atoms with van der Waals surface area (Å²) >= 11 is 3.07. The van der Waals surface area contributed by atoms with Gasteiger partial charge in [0.1, 0.15) is 21.4 Å². The molecular formula is C15H20BrFN6O3S. The summed E-state index contributed by atoms with van der Waals surface area (Å²) in [6.07, 6.45) is 0.915. The van der Waals surface area contributed by atoms with Crippen LogP contribution in [0, 0.1) is 10.6 Å². The second-order valence-electron chi connectivity index (χ2n) is 5.88. The number of hydrogen-bond donors (Lipinski definition) is 4. The van der Waals surface area contributed by atoms with Gasteiger partial charge in [-0.05, 0) is 66.0 Å². The molecular weight excluding hydrogens is 443 g/mol. The highest BCUT2D eigenvalue weighted by atomic mass is 79.9. The van der Waals surface area contributed by atoms with Crippen molar-refractivity contribution >= 4 is 37.4 Å². The number of hydroxylamine groups is 1. The van der Waals surface area contributed by atoms with Crippen LogP contribution in [-0.2, 0) is 16.3 Å². The van der Waals surface area contributed by atoms with E-state index < -0.39 is 15.7 Å². The van der Waals surface area contributed by atoms with Crippen LogP contribution in [0.3, 0.4) is 0 Å². The third-order valence-electron chi connectivity index (χ3n) is 3.60. The second kappa shape index (κ2) is 9.35. The summed E-state index contributed by atoms with van der Waals surface area (Å²) in [6, 6.07) is 4.12. The predicted octanol–water partition coefficient (Wildman–Crippen LogP) is 2.92. The number of nitrogens with zero attached hydrogens (tertiary/aromatic N) is 3. The Hall–Kier alpha value is -1.89. The molecule has 2 rings (SSSR count). The fourth-order valence-corrected chi connectivity index (χ4v) is 3.16. The van der Waals surface area contributed by atoms with Crippen LogP contribution in [0.15, 0.2) is 32.3 Å². The molecule has 0 spiro atoms. The minimum atomic E-state index is -2.84. The molecule has 0 aliphatic carbocycles. The van der Waals surface area contributed by atoms with Crippen LogP contribution in [0.5, 0.6) is 0 Å². The highest BCUT2D eigenvalue weighted by molar-refractivity contribution is 9.10. The van der Waals surface area contributed by atoms with Crippen molar-refractivity contribution in [3.63, 3.8) is 0 Å². The number of aromatic nitrogens is 2. The van der Waals surface area contributed by atoms with E-state index in [4.69, 9.17) is 9.41 Å². The van der Waals surface area contributed by atoms with E-state index in [0.717, 1.165) is 0 Å². The second-order valence-corrected chi connectivity index (χ2v) is 9.16. The summed E-state index contributed by atoms with van der Waals surface area (Å²) in [7, 11) is -2.84. The fourth-order valence-electron chi connectivity index (χ4n) is 2.01. The monoisotopic (exact) mass is 462 g/mol. The van der Waals surface area contributed by atoms with Crippen molar-refractivity contribution in [1.82, 2.24) is 20.5 Å². The summed E-state index contributed by atoms with van der Waals surface area (Å²) in [5.74, 6) is -0.444. The lowest BCUT2D eigenvalue weighted by atomic mass is 10.2. The molecule has 0 saturated heterocycles. The zero-order valence-corrected chi connectivity index (χ0v) is 17.1. The SMILES string of the molecule is CC(C)S(=N)(=O)NCCCc1nonc1C(=Nc1ccc(F)c(Br)c1)NO. The highest BCUT2D eigenvalue weighted by Crippen LogP contribution is 2.23. The summed E-state index contributed by atoms with van der Waals surface area (Å²) in [4.78, 5) is 4.18. The average Bonchev–Trinajstić information content (AvgIpc) is 3.08. The fraction of sp³-hybridized carbons (Fsp3) is 0.400. The normalized spacial score (nSPS) is 14.4. The lowest BCUT2D eigenvalue weighted by Gasteiger charge is -2.12. The molecule has 1 heterocycles. The quantitative estimate of drug-likeness (QED) is 0.206. The van der Waals surface area contributed by atoms with Gasteiger partial charge >= 0.3 is 0 Å². The number of nitrogens with one attached hydrogen (secondary N) is 3. The molecule has 148 valence electrons. The Bertz CT molecular complexity index is 916. The molecule has 1 atom stereocenters. The van der Waals surface area contributed by atoms with Gasteiger partial charge in [0.05, 0.1) is 15.4 Å². The highest BCUT2D eigenvalue weighted by Gasteiger charge is 2.17. The molecule has 0 aliphatic heterocycles. The van der Waals surface area contributed by atoms with E-state index in [1.165, 1.54) is 18.2 Å². The minimum Gasteiger partial charge on any atom is -0.290 e. The standard InChI is InChI=1S/C15H20BrFN6O3S/c1-9(2)27(18,25)19-7-3-4-13-14(23-26-22-13)15(21-24)20-10-5-6-12(17)11(16)8-10/h5-6,8-9,24H,3-4,7H2,1-2H3,(H,20,21)(H2,18,19,25). The maximum atomic E-state index is 13.3. The molecule has 4 N–H and O–H groups in total. The van der Waals surface area contributed by atoms with Crippen molar-refractivity contribution in [2.75, 3.05) is 6.54 Å². The molecule has 2 aromatic rings. The van der Waals surface area contributed by atoms with E-state index in [2.05, 4.69) is 36.0 Å². The van der Waals surface area contributed by atoms with Crippen LogP contribution in [0.2, 0.25) is 0 Å². The smallest absolute Gasteiger partial charge is 0.181 e. The molecule has 9 nitrogen and oxygen atoms in total. The Morgan fingerprint density at radius 1 is 1.48 bits per heavy atom. The Balaban J connectivity index is 2.09. The van der Waals surface area contributed by atoms with Crippen LogP contribution >= 0.6 is 15.9 Å². The third kappa shape index (κ3) is 5.79. The summed E-state index contributed by atoms with van der Waals surface area (Å²) < 4.78 is 40.6. The first-order chi connectivity index (χ1) is 12.7. The maximum Gasteiger partial charge on any atom is 0.181 e. The predicted molar refractivity (Wildman–Crippen MR) is 102 cm³/mol. The van der Waals surface area contributed by atoms with Crippen molar-refractivity contribution in [3.8, 4) is 0 Å². The minimum absolute atomic E-state index is 0.0100. The largest absolute Gasteiger partial charge is 0.290 e. The van der Waals surface area contributed by atoms with Gasteiger partial charge in [-0.25, -0.2) is 27.7 Å². The molecule has 0 bridgehead atoms. The van der Waals surface area contributed by atoms with E-state index >= 15 is 0 Å². The first kappa shape index (κ1) is 21.4. The van der Waals surface area contributed by atoms with E-state index in [1.807, 2.05) is 5.48 Å². The lowest BCUT2D eigenvalue weighted by Crippen LogP contribution is -2.30. The van der Waals surface area contributed by atoms with E-state index in [0.29, 0.717) is 30.8 Å². The Kier molecular flexibility index (Phi) is 7.41. The van der Waals surface area contributed by atoms with E-state index in [-0.39, 0.29) is 21.3 Å². The van der Waals surface area contributed by atoms with Gasteiger partial charge in [0.15, 0.2) is 11.5 Å². The summed E-state index contributed by atoms with van der Waals surface area (Å²) in [5.41, 5.74) is 2.95. The van der Waals surface area contributed by atoms with Gasteiger partial charge < -0.3 is 0 Å². The van der Waals surface area contributed by atoms with E-state index in [9.17, 15) is 13.8 Å². The molecule has 0 saturated carbocycles. The van der Waals surface area contributed by atoms with Crippen LogP contribution < -0.4 is 10.2 Å². The topological polar surface area (TPSA) is 136 Å². The van der Waals surface area contributed by atoms with Crippen LogP contribution in [0.4, 0.5) is 10.1 Å². The number of halogens is 2. The van der Waals surface area contributed by atoms with Crippen molar-refractivity contribution < 1.29 is 18.4 Å². The van der Waals surface area contributed by atoms with Crippen molar-refractivity contribution in [2.45, 2.75) is 31.9 Å². The lowest BCUT2D eigenvalue weighted by molar-refractivity contribution is 0.234. The summed E-state index contributed by atoms with van der Waals surface area (Å²) in [6.45, 7) is 3.77. The summed E-state index contributed by atoms with van der Waals surface area (Å²) in [5, 5.41) is 16.6. The van der Waals surface area contributed by atoms with Crippen LogP contribution in [-0.4, -0.2) is 37.4 Å². The van der Waals surface area contributed by atoms with Gasteiger partial charge in [0, 0.05) is 6.54 Å². The zero-order chi connectivity index (χ0) is 20.0. The van der Waals surface area contributed by atoms with E-state index in [1.54, 1.807) is 13.8 Å². The number of aliphatic imine (C=N–C) groups is 1. The van der Waals surface area contributed by atoms with Crippen LogP contribution in [0.25, 0.3) is 0 Å². The molecule has 0 fully saturated rings. The van der Waals surface area contributed by atoms with Crippen molar-refractivity contribution in [3.05, 3.63) is 39.9 Å². The molecule has 1 unspecified atom stereocenters. The first-order valence-corrected chi connectivity index (χ1v) is 10.4. The molecule has 0 radical (unpaired) electrons. The van der Waals surface area contributed by atoms with Crippen molar-refractivity contribution in [2.24, 2.45) is 4.99 Å². The average molecular weight is 463 g/mol. The number of amidine groups is 1.